The van der Waals surface area contributed by atoms with Gasteiger partial charge in [0.05, 0.1) is 13.2 Å². The van der Waals surface area contributed by atoms with Gasteiger partial charge in [-0.3, -0.25) is 9.59 Å². The molecule has 0 aliphatic rings. The smallest absolute Gasteiger partial charge is 0.324 e. The van der Waals surface area contributed by atoms with E-state index in [1.807, 2.05) is 29.9 Å². The lowest BCUT2D eigenvalue weighted by Crippen LogP contribution is -2.26. The van der Waals surface area contributed by atoms with E-state index >= 15 is 0 Å². The van der Waals surface area contributed by atoms with Crippen LogP contribution in [0, 0.1) is 5.41 Å². The van der Waals surface area contributed by atoms with E-state index in [1.165, 1.54) is 0 Å². The first-order valence-corrected chi connectivity index (χ1v) is 9.61. The van der Waals surface area contributed by atoms with E-state index in [9.17, 15) is 9.59 Å². The number of carbonyl (C=O) groups is 2. The maximum Gasteiger partial charge on any atom is 0.324 e. The second-order valence-electron chi connectivity index (χ2n) is 7.80. The SMILES string of the molecule is CCOC(=O)C(C(=O)OCC)c1ccc(C(c2nccn2C)C(C)(C)C)cc1. The van der Waals surface area contributed by atoms with Crippen molar-refractivity contribution in [3.8, 4) is 0 Å². The number of rotatable bonds is 7. The van der Waals surface area contributed by atoms with Crippen LogP contribution in [0.15, 0.2) is 36.7 Å². The first-order chi connectivity index (χ1) is 13.2. The number of aryl methyl sites for hydroxylation is 1. The molecule has 0 fully saturated rings. The zero-order valence-electron chi connectivity index (χ0n) is 17.6. The monoisotopic (exact) mass is 386 g/mol. The third kappa shape index (κ3) is 4.80. The Hall–Kier alpha value is -2.63. The molecule has 28 heavy (non-hydrogen) atoms. The van der Waals surface area contributed by atoms with Gasteiger partial charge in [0, 0.05) is 25.4 Å². The van der Waals surface area contributed by atoms with Crippen LogP contribution in [0.3, 0.4) is 0 Å². The van der Waals surface area contributed by atoms with Gasteiger partial charge >= 0.3 is 11.9 Å². The highest BCUT2D eigenvalue weighted by Gasteiger charge is 2.33. The van der Waals surface area contributed by atoms with Crippen molar-refractivity contribution < 1.29 is 19.1 Å². The third-order valence-electron chi connectivity index (χ3n) is 4.63. The van der Waals surface area contributed by atoms with Gasteiger partial charge < -0.3 is 14.0 Å². The summed E-state index contributed by atoms with van der Waals surface area (Å²) in [5.41, 5.74) is 1.56. The molecule has 1 aromatic carbocycles. The molecule has 2 rings (SSSR count). The van der Waals surface area contributed by atoms with Gasteiger partial charge in [-0.15, -0.1) is 0 Å². The van der Waals surface area contributed by atoms with Crippen LogP contribution in [0.2, 0.25) is 0 Å². The highest BCUT2D eigenvalue weighted by molar-refractivity contribution is 6.00. The van der Waals surface area contributed by atoms with Crippen LogP contribution in [-0.4, -0.2) is 34.7 Å². The van der Waals surface area contributed by atoms with Gasteiger partial charge in [0.25, 0.3) is 0 Å². The Balaban J connectivity index is 2.42. The quantitative estimate of drug-likeness (QED) is 0.535. The number of aromatic nitrogens is 2. The Morgan fingerprint density at radius 1 is 1.00 bits per heavy atom. The minimum atomic E-state index is -1.07. The zero-order chi connectivity index (χ0) is 20.9. The van der Waals surface area contributed by atoms with Gasteiger partial charge in [-0.1, -0.05) is 45.0 Å². The highest BCUT2D eigenvalue weighted by atomic mass is 16.6. The lowest BCUT2D eigenvalue weighted by molar-refractivity contribution is -0.156. The van der Waals surface area contributed by atoms with E-state index in [2.05, 4.69) is 25.8 Å². The number of nitrogens with zero attached hydrogens (tertiary/aromatic N) is 2. The van der Waals surface area contributed by atoms with Crippen LogP contribution >= 0.6 is 0 Å². The van der Waals surface area contributed by atoms with Crippen LogP contribution in [0.4, 0.5) is 0 Å². The molecule has 6 nitrogen and oxygen atoms in total. The number of ether oxygens (including phenoxy) is 2. The summed E-state index contributed by atoms with van der Waals surface area (Å²) in [4.78, 5) is 29.2. The van der Waals surface area contributed by atoms with Gasteiger partial charge in [0.1, 0.15) is 5.82 Å². The normalized spacial score (nSPS) is 12.7. The van der Waals surface area contributed by atoms with Gasteiger partial charge in [-0.05, 0) is 30.4 Å². The molecule has 0 saturated carbocycles. The van der Waals surface area contributed by atoms with Crippen LogP contribution in [0.1, 0.15) is 63.4 Å². The predicted octanol–water partition coefficient (Wildman–Crippen LogP) is 3.81. The zero-order valence-corrected chi connectivity index (χ0v) is 17.6. The van der Waals surface area contributed by atoms with Gasteiger partial charge in [0.15, 0.2) is 5.92 Å². The summed E-state index contributed by atoms with van der Waals surface area (Å²) in [6.45, 7) is 10.3. The van der Waals surface area contributed by atoms with Crippen molar-refractivity contribution in [3.05, 3.63) is 53.6 Å². The molecule has 0 aliphatic heterocycles. The Morgan fingerprint density at radius 2 is 1.50 bits per heavy atom. The average molecular weight is 386 g/mol. The fraction of sp³-hybridized carbons (Fsp3) is 0.500. The molecule has 0 bridgehead atoms. The molecule has 0 aliphatic carbocycles. The van der Waals surface area contributed by atoms with Crippen LogP contribution in [0.25, 0.3) is 0 Å². The molecule has 0 radical (unpaired) electrons. The molecule has 0 amide bonds. The fourth-order valence-electron chi connectivity index (χ4n) is 3.39. The van der Waals surface area contributed by atoms with Crippen molar-refractivity contribution in [1.29, 1.82) is 0 Å². The molecule has 1 aromatic heterocycles. The molecule has 1 atom stereocenters. The number of carbonyl (C=O) groups excluding carboxylic acids is 2. The Kier molecular flexibility index (Phi) is 7.00. The number of imidazole rings is 1. The standard InChI is InChI=1S/C22H30N2O4/c1-7-27-20(25)17(21(26)28-8-2)15-9-11-16(12-10-15)18(22(3,4)5)19-23-13-14-24(19)6/h9-14,17-18H,7-8H2,1-6H3. The minimum absolute atomic E-state index is 0.0604. The van der Waals surface area contributed by atoms with E-state index in [0.29, 0.717) is 5.56 Å². The summed E-state index contributed by atoms with van der Waals surface area (Å²) in [6, 6.07) is 7.50. The molecular formula is C22H30N2O4. The maximum absolute atomic E-state index is 12.3. The fourth-order valence-corrected chi connectivity index (χ4v) is 3.39. The predicted molar refractivity (Wildman–Crippen MR) is 107 cm³/mol. The van der Waals surface area contributed by atoms with Gasteiger partial charge in [0.2, 0.25) is 0 Å². The topological polar surface area (TPSA) is 70.4 Å². The summed E-state index contributed by atoms with van der Waals surface area (Å²) in [7, 11) is 1.98. The van der Waals surface area contributed by atoms with Crippen molar-refractivity contribution in [2.24, 2.45) is 12.5 Å². The van der Waals surface area contributed by atoms with E-state index < -0.39 is 17.9 Å². The molecule has 152 valence electrons. The number of hydrogen-bond donors (Lipinski definition) is 0. The summed E-state index contributed by atoms with van der Waals surface area (Å²) in [6.07, 6.45) is 3.72. The summed E-state index contributed by atoms with van der Waals surface area (Å²) < 4.78 is 12.2. The average Bonchev–Trinajstić information content (AvgIpc) is 3.01. The second-order valence-corrected chi connectivity index (χ2v) is 7.80. The van der Waals surface area contributed by atoms with E-state index in [0.717, 1.165) is 11.4 Å². The maximum atomic E-state index is 12.3. The summed E-state index contributed by atoms with van der Waals surface area (Å²) in [5.74, 6) is -1.23. The van der Waals surface area contributed by atoms with E-state index in [4.69, 9.17) is 9.47 Å². The van der Waals surface area contributed by atoms with Crippen molar-refractivity contribution >= 4 is 11.9 Å². The first-order valence-electron chi connectivity index (χ1n) is 9.61. The van der Waals surface area contributed by atoms with Crippen molar-refractivity contribution in [1.82, 2.24) is 9.55 Å². The van der Waals surface area contributed by atoms with Crippen molar-refractivity contribution in [2.45, 2.75) is 46.5 Å². The second kappa shape index (κ2) is 9.04. The molecule has 1 unspecified atom stereocenters. The molecule has 6 heteroatoms. The van der Waals surface area contributed by atoms with Crippen LogP contribution in [-0.2, 0) is 26.1 Å². The van der Waals surface area contributed by atoms with Crippen molar-refractivity contribution in [3.63, 3.8) is 0 Å². The lowest BCUT2D eigenvalue weighted by Gasteiger charge is -2.31. The Morgan fingerprint density at radius 3 is 1.89 bits per heavy atom. The summed E-state index contributed by atoms with van der Waals surface area (Å²) in [5, 5.41) is 0. The van der Waals surface area contributed by atoms with Gasteiger partial charge in [-0.2, -0.15) is 0 Å². The first kappa shape index (κ1) is 21.7. The molecule has 0 saturated heterocycles. The van der Waals surface area contributed by atoms with Crippen LogP contribution in [0.5, 0.6) is 0 Å². The molecule has 0 N–H and O–H groups in total. The third-order valence-corrected chi connectivity index (χ3v) is 4.63. The largest absolute Gasteiger partial charge is 0.465 e. The molecule has 0 spiro atoms. The molecular weight excluding hydrogens is 356 g/mol. The van der Waals surface area contributed by atoms with Gasteiger partial charge in [-0.25, -0.2) is 4.98 Å². The number of hydrogen-bond acceptors (Lipinski definition) is 5. The highest BCUT2D eigenvalue weighted by Crippen LogP contribution is 2.40. The minimum Gasteiger partial charge on any atom is -0.465 e. The van der Waals surface area contributed by atoms with Crippen molar-refractivity contribution in [2.75, 3.05) is 13.2 Å². The number of benzene rings is 1. The Labute approximate surface area is 166 Å². The van der Waals surface area contributed by atoms with E-state index in [-0.39, 0.29) is 24.5 Å². The van der Waals surface area contributed by atoms with E-state index in [1.54, 1.807) is 32.2 Å². The van der Waals surface area contributed by atoms with Crippen LogP contribution < -0.4 is 0 Å². The Bertz CT molecular complexity index is 785. The summed E-state index contributed by atoms with van der Waals surface area (Å²) >= 11 is 0. The molecule has 1 heterocycles. The lowest BCUT2D eigenvalue weighted by atomic mass is 9.75. The molecule has 2 aromatic rings. The number of esters is 2.